The summed E-state index contributed by atoms with van der Waals surface area (Å²) in [5.41, 5.74) is 6.60. The minimum absolute atomic E-state index is 0.230. The average molecular weight is 359 g/mol. The van der Waals surface area contributed by atoms with Gasteiger partial charge in [0.05, 0.1) is 21.7 Å². The van der Waals surface area contributed by atoms with Crippen molar-refractivity contribution in [1.82, 2.24) is 0 Å². The summed E-state index contributed by atoms with van der Waals surface area (Å²) >= 11 is 24.1. The Morgan fingerprint density at radius 1 is 1.25 bits per heavy atom. The van der Waals surface area contributed by atoms with E-state index in [1.165, 1.54) is 6.07 Å². The molecule has 0 aliphatic carbocycles. The molecule has 0 spiro atoms. The van der Waals surface area contributed by atoms with E-state index in [2.05, 4.69) is 0 Å². The molecule has 1 aromatic carbocycles. The number of ether oxygens (including phenoxy) is 1. The number of nitrogens with two attached hydrogens (primary N) is 1. The first-order valence-corrected chi connectivity index (χ1v) is 7.63. The molecule has 0 aromatic heterocycles. The van der Waals surface area contributed by atoms with E-state index < -0.39 is 6.04 Å². The molecular weight excluding hydrogens is 344 g/mol. The zero-order valence-electron chi connectivity index (χ0n) is 10.9. The summed E-state index contributed by atoms with van der Waals surface area (Å²) in [6.45, 7) is 2.13. The molecule has 7 heteroatoms. The van der Waals surface area contributed by atoms with Crippen molar-refractivity contribution in [2.75, 3.05) is 6.61 Å². The first-order valence-electron chi connectivity index (χ1n) is 6.12. The van der Waals surface area contributed by atoms with Crippen molar-refractivity contribution >= 4 is 52.4 Å². The highest BCUT2D eigenvalue weighted by Gasteiger charge is 2.19. The van der Waals surface area contributed by atoms with Gasteiger partial charge in [-0.05, 0) is 25.8 Å². The Hall–Kier alpha value is -0.190. The van der Waals surface area contributed by atoms with Crippen LogP contribution < -0.4 is 5.73 Å². The number of rotatable bonds is 6. The van der Waals surface area contributed by atoms with Gasteiger partial charge in [0.25, 0.3) is 0 Å². The molecule has 0 heterocycles. The van der Waals surface area contributed by atoms with Gasteiger partial charge in [-0.1, -0.05) is 46.4 Å². The van der Waals surface area contributed by atoms with Crippen LogP contribution in [0, 0.1) is 0 Å². The molecule has 1 unspecified atom stereocenters. The van der Waals surface area contributed by atoms with Crippen molar-refractivity contribution < 1.29 is 9.53 Å². The van der Waals surface area contributed by atoms with E-state index >= 15 is 0 Å². The molecule has 0 radical (unpaired) electrons. The SMILES string of the molecule is CCOC(=O)CCCC(N)c1c(Cl)cc(Cl)c(Cl)c1Cl. The summed E-state index contributed by atoms with van der Waals surface area (Å²) in [4.78, 5) is 11.2. The maximum atomic E-state index is 11.2. The van der Waals surface area contributed by atoms with E-state index in [9.17, 15) is 4.79 Å². The monoisotopic (exact) mass is 357 g/mol. The van der Waals surface area contributed by atoms with Crippen LogP contribution in [-0.2, 0) is 9.53 Å². The van der Waals surface area contributed by atoms with Crippen LogP contribution in [0.25, 0.3) is 0 Å². The summed E-state index contributed by atoms with van der Waals surface area (Å²) in [6, 6.07) is 1.09. The van der Waals surface area contributed by atoms with Gasteiger partial charge in [-0.15, -0.1) is 0 Å². The summed E-state index contributed by atoms with van der Waals surface area (Å²) in [5, 5.41) is 1.14. The maximum Gasteiger partial charge on any atom is 0.305 e. The summed E-state index contributed by atoms with van der Waals surface area (Å²) in [5.74, 6) is -0.244. The summed E-state index contributed by atoms with van der Waals surface area (Å²) < 4.78 is 4.84. The maximum absolute atomic E-state index is 11.2. The van der Waals surface area contributed by atoms with Gasteiger partial charge >= 0.3 is 5.97 Å². The number of esters is 1. The predicted octanol–water partition coefficient (Wildman–Crippen LogP) is 5.03. The topological polar surface area (TPSA) is 52.3 Å². The molecule has 1 aromatic rings. The lowest BCUT2D eigenvalue weighted by molar-refractivity contribution is -0.143. The smallest absolute Gasteiger partial charge is 0.305 e. The highest BCUT2D eigenvalue weighted by atomic mass is 35.5. The molecule has 0 saturated heterocycles. The van der Waals surface area contributed by atoms with Crippen LogP contribution in [0.2, 0.25) is 20.1 Å². The molecule has 0 fully saturated rings. The number of halogens is 4. The van der Waals surface area contributed by atoms with Gasteiger partial charge in [-0.3, -0.25) is 4.79 Å². The van der Waals surface area contributed by atoms with E-state index in [4.69, 9.17) is 56.9 Å². The Bertz CT molecular complexity index is 494. The molecule has 2 N–H and O–H groups in total. The number of carbonyl (C=O) groups is 1. The lowest BCUT2D eigenvalue weighted by Crippen LogP contribution is -2.13. The number of benzene rings is 1. The fourth-order valence-electron chi connectivity index (χ4n) is 1.76. The Balaban J connectivity index is 2.71. The summed E-state index contributed by atoms with van der Waals surface area (Å²) in [6.07, 6.45) is 1.42. The van der Waals surface area contributed by atoms with Crippen LogP contribution in [0.5, 0.6) is 0 Å². The molecule has 0 aliphatic heterocycles. The van der Waals surface area contributed by atoms with Crippen LogP contribution in [0.15, 0.2) is 6.07 Å². The standard InChI is InChI=1S/C13H15Cl4NO2/c1-2-20-10(19)5-3-4-9(18)11-7(14)6-8(15)12(16)13(11)17/h6,9H,2-5,18H2,1H3. The first kappa shape index (κ1) is 17.9. The van der Waals surface area contributed by atoms with Gasteiger partial charge < -0.3 is 10.5 Å². The molecule has 0 saturated carbocycles. The second kappa shape index (κ2) is 8.30. The number of hydrogen-bond donors (Lipinski definition) is 1. The van der Waals surface area contributed by atoms with Gasteiger partial charge in [-0.2, -0.15) is 0 Å². The van der Waals surface area contributed by atoms with E-state index in [0.717, 1.165) is 0 Å². The molecule has 20 heavy (non-hydrogen) atoms. The molecule has 0 aliphatic rings. The van der Waals surface area contributed by atoms with E-state index in [-0.39, 0.29) is 21.0 Å². The van der Waals surface area contributed by atoms with Crippen LogP contribution in [-0.4, -0.2) is 12.6 Å². The number of hydrogen-bond acceptors (Lipinski definition) is 3. The van der Waals surface area contributed by atoms with Gasteiger partial charge in [-0.25, -0.2) is 0 Å². The Morgan fingerprint density at radius 2 is 1.90 bits per heavy atom. The molecule has 0 bridgehead atoms. The molecule has 0 amide bonds. The third-order valence-electron chi connectivity index (χ3n) is 2.72. The largest absolute Gasteiger partial charge is 0.466 e. The van der Waals surface area contributed by atoms with Gasteiger partial charge in [0, 0.05) is 23.0 Å². The lowest BCUT2D eigenvalue weighted by atomic mass is 10.0. The minimum Gasteiger partial charge on any atom is -0.466 e. The minimum atomic E-state index is -0.417. The average Bonchev–Trinajstić information content (AvgIpc) is 2.36. The lowest BCUT2D eigenvalue weighted by Gasteiger charge is -2.17. The number of carbonyl (C=O) groups excluding carboxylic acids is 1. The van der Waals surface area contributed by atoms with Crippen LogP contribution in [0.4, 0.5) is 0 Å². The fourth-order valence-corrected chi connectivity index (χ4v) is 2.96. The second-order valence-corrected chi connectivity index (χ2v) is 5.76. The van der Waals surface area contributed by atoms with Gasteiger partial charge in [0.15, 0.2) is 0 Å². The van der Waals surface area contributed by atoms with Crippen molar-refractivity contribution in [3.05, 3.63) is 31.7 Å². The molecule has 1 rings (SSSR count). The van der Waals surface area contributed by atoms with Crippen molar-refractivity contribution in [3.8, 4) is 0 Å². The van der Waals surface area contributed by atoms with E-state index in [1.807, 2.05) is 0 Å². The van der Waals surface area contributed by atoms with Gasteiger partial charge in [0.2, 0.25) is 0 Å². The van der Waals surface area contributed by atoms with Crippen molar-refractivity contribution in [2.45, 2.75) is 32.2 Å². The van der Waals surface area contributed by atoms with Gasteiger partial charge in [0.1, 0.15) is 0 Å². The predicted molar refractivity (Wildman–Crippen MR) is 83.9 cm³/mol. The van der Waals surface area contributed by atoms with Crippen LogP contribution in [0.1, 0.15) is 37.8 Å². The molecular formula is C13H15Cl4NO2. The van der Waals surface area contributed by atoms with E-state index in [1.54, 1.807) is 6.92 Å². The van der Waals surface area contributed by atoms with E-state index in [0.29, 0.717) is 36.5 Å². The summed E-state index contributed by atoms with van der Waals surface area (Å²) in [7, 11) is 0. The molecule has 112 valence electrons. The first-order chi connectivity index (χ1) is 9.38. The Morgan fingerprint density at radius 3 is 2.50 bits per heavy atom. The highest BCUT2D eigenvalue weighted by molar-refractivity contribution is 6.49. The second-order valence-electron chi connectivity index (χ2n) is 4.19. The van der Waals surface area contributed by atoms with Crippen LogP contribution >= 0.6 is 46.4 Å². The van der Waals surface area contributed by atoms with Crippen molar-refractivity contribution in [1.29, 1.82) is 0 Å². The molecule has 1 atom stereocenters. The quantitative estimate of drug-likeness (QED) is 0.440. The third-order valence-corrected chi connectivity index (χ3v) is 4.31. The fraction of sp³-hybridized carbons (Fsp3) is 0.462. The van der Waals surface area contributed by atoms with Crippen molar-refractivity contribution in [3.63, 3.8) is 0 Å². The molecule has 3 nitrogen and oxygen atoms in total. The Kier molecular flexibility index (Phi) is 7.41. The van der Waals surface area contributed by atoms with Crippen LogP contribution in [0.3, 0.4) is 0 Å². The van der Waals surface area contributed by atoms with Crippen molar-refractivity contribution in [2.24, 2.45) is 5.73 Å². The third kappa shape index (κ3) is 4.68. The highest BCUT2D eigenvalue weighted by Crippen LogP contribution is 2.40. The Labute approximate surface area is 138 Å². The normalized spacial score (nSPS) is 12.3. The zero-order chi connectivity index (χ0) is 15.3. The zero-order valence-corrected chi connectivity index (χ0v) is 13.9.